The fourth-order valence-corrected chi connectivity index (χ4v) is 3.41. The van der Waals surface area contributed by atoms with E-state index in [0.29, 0.717) is 12.8 Å². The molecule has 2 unspecified atom stereocenters. The van der Waals surface area contributed by atoms with Gasteiger partial charge in [0.1, 0.15) is 11.2 Å². The molecule has 2 saturated heterocycles. The summed E-state index contributed by atoms with van der Waals surface area (Å²) < 4.78 is 10.9. The van der Waals surface area contributed by atoms with E-state index in [1.54, 1.807) is 13.8 Å². The average molecular weight is 367 g/mol. The fraction of sp³-hybridized carbons (Fsp3) is 0.889. The van der Waals surface area contributed by atoms with Crippen molar-refractivity contribution in [2.24, 2.45) is 0 Å². The minimum Gasteiger partial charge on any atom is -0.547 e. The molecule has 2 heterocycles. The maximum Gasteiger partial charge on any atom is 2.00 e. The van der Waals surface area contributed by atoms with Gasteiger partial charge in [0.15, 0.2) is 0 Å². The van der Waals surface area contributed by atoms with Gasteiger partial charge in [-0.15, -0.1) is 0 Å². The average Bonchev–Trinajstić information content (AvgIpc) is 2.36. The van der Waals surface area contributed by atoms with Crippen LogP contribution in [0.5, 0.6) is 0 Å². The Hall–Kier alpha value is -0.374. The summed E-state index contributed by atoms with van der Waals surface area (Å²) in [6.45, 7) is 10.8. The number of aliphatic carboxylic acids is 2. The molecule has 25 heavy (non-hydrogen) atoms. The first-order valence-corrected chi connectivity index (χ1v) is 8.55. The van der Waals surface area contributed by atoms with E-state index in [1.165, 1.54) is 0 Å². The van der Waals surface area contributed by atoms with Crippen LogP contribution in [0, 0.1) is 0 Å². The van der Waals surface area contributed by atoms with Gasteiger partial charge in [0.2, 0.25) is 0 Å². The van der Waals surface area contributed by atoms with Gasteiger partial charge < -0.3 is 29.3 Å². The molecule has 0 aromatic heterocycles. The molecule has 0 bridgehead atoms. The zero-order valence-corrected chi connectivity index (χ0v) is 17.8. The number of carboxylic acid groups (broad SMARTS) is 2. The maximum absolute atomic E-state index is 10.7. The van der Waals surface area contributed by atoms with Crippen LogP contribution >= 0.6 is 0 Å². The SMILES string of the molecule is CC1(C)CCCC(C)(C(=O)[O-])O1.CC1(C)CCCC(C)(C(=O)[O-])O1.[Mg+2]. The number of carbonyl (C=O) groups is 2. The largest absolute Gasteiger partial charge is 2.00 e. The second kappa shape index (κ2) is 8.54. The van der Waals surface area contributed by atoms with Crippen LogP contribution in [0.3, 0.4) is 0 Å². The van der Waals surface area contributed by atoms with Crippen molar-refractivity contribution in [2.75, 3.05) is 0 Å². The first-order chi connectivity index (χ1) is 10.7. The Balaban J connectivity index is 0.000000443. The van der Waals surface area contributed by atoms with E-state index in [1.807, 2.05) is 27.7 Å². The second-order valence-corrected chi connectivity index (χ2v) is 8.47. The molecule has 2 aliphatic heterocycles. The van der Waals surface area contributed by atoms with Crippen LogP contribution in [-0.2, 0) is 19.1 Å². The van der Waals surface area contributed by atoms with Crippen LogP contribution < -0.4 is 10.2 Å². The Labute approximate surface area is 166 Å². The van der Waals surface area contributed by atoms with Crippen LogP contribution in [0.1, 0.15) is 80.1 Å². The molecule has 140 valence electrons. The Morgan fingerprint density at radius 1 is 0.680 bits per heavy atom. The molecule has 0 amide bonds. The van der Waals surface area contributed by atoms with Crippen molar-refractivity contribution >= 4 is 35.0 Å². The maximum atomic E-state index is 10.7. The van der Waals surface area contributed by atoms with Crippen molar-refractivity contribution in [1.29, 1.82) is 0 Å². The van der Waals surface area contributed by atoms with Crippen molar-refractivity contribution in [1.82, 2.24) is 0 Å². The third-order valence-corrected chi connectivity index (χ3v) is 4.73. The molecule has 6 nitrogen and oxygen atoms in total. The van der Waals surface area contributed by atoms with Gasteiger partial charge in [-0.2, -0.15) is 0 Å². The van der Waals surface area contributed by atoms with E-state index < -0.39 is 23.1 Å². The van der Waals surface area contributed by atoms with Gasteiger partial charge in [-0.05, 0) is 80.1 Å². The minimum atomic E-state index is -1.10. The Morgan fingerprint density at radius 2 is 0.960 bits per heavy atom. The summed E-state index contributed by atoms with van der Waals surface area (Å²) in [7, 11) is 0. The van der Waals surface area contributed by atoms with Gasteiger partial charge in [0.05, 0.1) is 23.1 Å². The van der Waals surface area contributed by atoms with Gasteiger partial charge in [-0.3, -0.25) is 0 Å². The molecule has 2 rings (SSSR count). The summed E-state index contributed by atoms with van der Waals surface area (Å²) in [6.07, 6.45) is 4.71. The molecule has 0 spiro atoms. The van der Waals surface area contributed by atoms with Crippen LogP contribution in [0.4, 0.5) is 0 Å². The normalized spacial score (nSPS) is 33.2. The predicted octanol–water partition coefficient (Wildman–Crippen LogP) is 0.567. The molecular formula is C18H30MgO6. The van der Waals surface area contributed by atoms with E-state index in [0.717, 1.165) is 25.7 Å². The number of carbonyl (C=O) groups excluding carboxylic acids is 2. The number of hydrogen-bond acceptors (Lipinski definition) is 6. The summed E-state index contributed by atoms with van der Waals surface area (Å²) in [5.41, 5.74) is -2.82. The zero-order chi connectivity index (χ0) is 18.8. The van der Waals surface area contributed by atoms with Crippen molar-refractivity contribution in [2.45, 2.75) is 102 Å². The fourth-order valence-electron chi connectivity index (χ4n) is 3.41. The molecule has 0 aromatic carbocycles. The van der Waals surface area contributed by atoms with Gasteiger partial charge in [0.25, 0.3) is 0 Å². The van der Waals surface area contributed by atoms with Crippen LogP contribution in [-0.4, -0.2) is 57.4 Å². The Bertz CT molecular complexity index is 446. The number of hydrogen-bond donors (Lipinski definition) is 0. The number of ether oxygens (including phenoxy) is 2. The summed E-state index contributed by atoms with van der Waals surface area (Å²) in [4.78, 5) is 21.5. The van der Waals surface area contributed by atoms with E-state index in [4.69, 9.17) is 9.47 Å². The quantitative estimate of drug-likeness (QED) is 0.662. The summed E-state index contributed by atoms with van der Waals surface area (Å²) in [5.74, 6) is -2.20. The van der Waals surface area contributed by atoms with E-state index >= 15 is 0 Å². The number of carboxylic acids is 2. The molecular weight excluding hydrogens is 336 g/mol. The molecule has 2 fully saturated rings. The third-order valence-electron chi connectivity index (χ3n) is 4.73. The van der Waals surface area contributed by atoms with Gasteiger partial charge in [0, 0.05) is 0 Å². The molecule has 0 aliphatic carbocycles. The van der Waals surface area contributed by atoms with Crippen molar-refractivity contribution in [3.8, 4) is 0 Å². The van der Waals surface area contributed by atoms with Crippen LogP contribution in [0.25, 0.3) is 0 Å². The monoisotopic (exact) mass is 366 g/mol. The second-order valence-electron chi connectivity index (χ2n) is 8.47. The third kappa shape index (κ3) is 7.04. The zero-order valence-electron chi connectivity index (χ0n) is 16.4. The molecule has 7 heteroatoms. The molecule has 2 aliphatic rings. The molecule has 2 atom stereocenters. The standard InChI is InChI=1S/2C9H16O3.Mg/c2*1-8(2)5-4-6-9(3,12-8)7(10)11;/h2*4-6H2,1-3H3,(H,10,11);/q;;+2/p-2. The van der Waals surface area contributed by atoms with Crippen molar-refractivity contribution in [3.63, 3.8) is 0 Å². The van der Waals surface area contributed by atoms with Crippen molar-refractivity contribution < 1.29 is 29.3 Å². The molecule has 0 N–H and O–H groups in total. The molecule has 0 radical (unpaired) electrons. The predicted molar refractivity (Wildman–Crippen MR) is 90.6 cm³/mol. The van der Waals surface area contributed by atoms with E-state index in [2.05, 4.69) is 0 Å². The first kappa shape index (κ1) is 24.6. The topological polar surface area (TPSA) is 98.7 Å². The summed E-state index contributed by atoms with van der Waals surface area (Å²) >= 11 is 0. The van der Waals surface area contributed by atoms with Gasteiger partial charge in [-0.1, -0.05) is 0 Å². The van der Waals surface area contributed by atoms with E-state index in [-0.39, 0.29) is 34.3 Å². The Morgan fingerprint density at radius 3 is 1.12 bits per heavy atom. The van der Waals surface area contributed by atoms with Gasteiger partial charge in [-0.25, -0.2) is 0 Å². The van der Waals surface area contributed by atoms with Gasteiger partial charge >= 0.3 is 23.1 Å². The van der Waals surface area contributed by atoms with E-state index in [9.17, 15) is 19.8 Å². The molecule has 0 saturated carbocycles. The first-order valence-electron chi connectivity index (χ1n) is 8.55. The minimum absolute atomic E-state index is 0. The summed E-state index contributed by atoms with van der Waals surface area (Å²) in [5, 5.41) is 21.5. The smallest absolute Gasteiger partial charge is 0.547 e. The summed E-state index contributed by atoms with van der Waals surface area (Å²) in [6, 6.07) is 0. The number of rotatable bonds is 2. The Kier molecular flexibility index (Phi) is 8.42. The van der Waals surface area contributed by atoms with Crippen LogP contribution in [0.2, 0.25) is 0 Å². The van der Waals surface area contributed by atoms with Crippen LogP contribution in [0.15, 0.2) is 0 Å². The van der Waals surface area contributed by atoms with Crippen molar-refractivity contribution in [3.05, 3.63) is 0 Å². The molecule has 0 aromatic rings.